The van der Waals surface area contributed by atoms with E-state index in [2.05, 4.69) is 10.6 Å². The number of nitrogens with one attached hydrogen (secondary N) is 2. The van der Waals surface area contributed by atoms with Crippen LogP contribution < -0.4 is 10.6 Å². The lowest BCUT2D eigenvalue weighted by Gasteiger charge is -2.19. The first-order chi connectivity index (χ1) is 8.78. The van der Waals surface area contributed by atoms with E-state index < -0.39 is 11.7 Å². The van der Waals surface area contributed by atoms with E-state index in [0.29, 0.717) is 23.8 Å². The number of rotatable bonds is 4. The van der Waals surface area contributed by atoms with Crippen LogP contribution in [0.25, 0.3) is 0 Å². The van der Waals surface area contributed by atoms with Gasteiger partial charge in [-0.1, -0.05) is 11.6 Å². The Labute approximate surface area is 117 Å². The van der Waals surface area contributed by atoms with Gasteiger partial charge in [0.25, 0.3) is 0 Å². The average Bonchev–Trinajstić information content (AvgIpc) is 2.26. The van der Waals surface area contributed by atoms with Gasteiger partial charge in [0, 0.05) is 18.1 Å². The van der Waals surface area contributed by atoms with E-state index in [0.717, 1.165) is 0 Å². The summed E-state index contributed by atoms with van der Waals surface area (Å²) in [4.78, 5) is 11.3. The van der Waals surface area contributed by atoms with Gasteiger partial charge >= 0.3 is 6.09 Å². The predicted molar refractivity (Wildman–Crippen MR) is 74.1 cm³/mol. The van der Waals surface area contributed by atoms with Gasteiger partial charge in [0.05, 0.1) is 5.69 Å². The maximum absolute atomic E-state index is 13.3. The van der Waals surface area contributed by atoms with Crippen molar-refractivity contribution in [2.45, 2.75) is 26.4 Å². The van der Waals surface area contributed by atoms with Crippen LogP contribution in [0.5, 0.6) is 0 Å². The van der Waals surface area contributed by atoms with Crippen LogP contribution in [0.4, 0.5) is 14.9 Å². The SMILES string of the molecule is CC(C)(C)OC(=O)NCCNc1cc(Cl)ccc1F. The predicted octanol–water partition coefficient (Wildman–Crippen LogP) is 3.42. The molecule has 0 saturated heterocycles. The van der Waals surface area contributed by atoms with Gasteiger partial charge in [0.1, 0.15) is 11.4 Å². The highest BCUT2D eigenvalue weighted by Crippen LogP contribution is 2.18. The highest BCUT2D eigenvalue weighted by molar-refractivity contribution is 6.30. The molecular formula is C13H18ClFN2O2. The smallest absolute Gasteiger partial charge is 0.407 e. The number of hydrogen-bond acceptors (Lipinski definition) is 3. The van der Waals surface area contributed by atoms with Crippen molar-refractivity contribution in [3.8, 4) is 0 Å². The minimum atomic E-state index is -0.531. The number of benzene rings is 1. The fourth-order valence-corrected chi connectivity index (χ4v) is 1.48. The molecule has 0 heterocycles. The third-order valence-corrected chi connectivity index (χ3v) is 2.27. The highest BCUT2D eigenvalue weighted by Gasteiger charge is 2.15. The summed E-state index contributed by atoms with van der Waals surface area (Å²) in [7, 11) is 0. The minimum Gasteiger partial charge on any atom is -0.444 e. The molecule has 0 aliphatic carbocycles. The van der Waals surface area contributed by atoms with Gasteiger partial charge in [-0.2, -0.15) is 0 Å². The zero-order valence-corrected chi connectivity index (χ0v) is 12.0. The summed E-state index contributed by atoms with van der Waals surface area (Å²) in [6.07, 6.45) is -0.499. The summed E-state index contributed by atoms with van der Waals surface area (Å²) in [5.41, 5.74) is -0.227. The van der Waals surface area contributed by atoms with Crippen LogP contribution in [0.1, 0.15) is 20.8 Å². The van der Waals surface area contributed by atoms with Gasteiger partial charge in [-0.25, -0.2) is 9.18 Å². The van der Waals surface area contributed by atoms with Crippen molar-refractivity contribution in [2.24, 2.45) is 0 Å². The molecule has 0 aromatic heterocycles. The second-order valence-electron chi connectivity index (χ2n) is 4.98. The van der Waals surface area contributed by atoms with Crippen LogP contribution in [-0.2, 0) is 4.74 Å². The van der Waals surface area contributed by atoms with Gasteiger partial charge < -0.3 is 15.4 Å². The van der Waals surface area contributed by atoms with E-state index in [1.165, 1.54) is 18.2 Å². The molecule has 19 heavy (non-hydrogen) atoms. The van der Waals surface area contributed by atoms with Gasteiger partial charge in [-0.05, 0) is 39.0 Å². The molecular weight excluding hydrogens is 271 g/mol. The lowest BCUT2D eigenvalue weighted by atomic mass is 10.2. The number of halogens is 2. The zero-order valence-electron chi connectivity index (χ0n) is 11.2. The summed E-state index contributed by atoms with van der Waals surface area (Å²) in [5, 5.41) is 5.85. The first kappa shape index (κ1) is 15.6. The summed E-state index contributed by atoms with van der Waals surface area (Å²) in [6.45, 7) is 6.04. The number of amides is 1. The molecule has 0 radical (unpaired) electrons. The Balaban J connectivity index is 2.31. The van der Waals surface area contributed by atoms with E-state index in [-0.39, 0.29) is 5.82 Å². The van der Waals surface area contributed by atoms with Crippen molar-refractivity contribution in [3.63, 3.8) is 0 Å². The van der Waals surface area contributed by atoms with E-state index in [9.17, 15) is 9.18 Å². The number of anilines is 1. The van der Waals surface area contributed by atoms with Gasteiger partial charge in [-0.3, -0.25) is 0 Å². The van der Waals surface area contributed by atoms with Crippen LogP contribution in [0, 0.1) is 5.82 Å². The molecule has 0 fully saturated rings. The van der Waals surface area contributed by atoms with Crippen LogP contribution >= 0.6 is 11.6 Å². The Morgan fingerprint density at radius 3 is 2.68 bits per heavy atom. The molecule has 0 bridgehead atoms. The topological polar surface area (TPSA) is 50.4 Å². The van der Waals surface area contributed by atoms with Crippen molar-refractivity contribution in [2.75, 3.05) is 18.4 Å². The fraction of sp³-hybridized carbons (Fsp3) is 0.462. The third-order valence-electron chi connectivity index (χ3n) is 2.04. The quantitative estimate of drug-likeness (QED) is 0.835. The van der Waals surface area contributed by atoms with Crippen molar-refractivity contribution in [1.29, 1.82) is 0 Å². The third kappa shape index (κ3) is 6.29. The van der Waals surface area contributed by atoms with Crippen molar-refractivity contribution < 1.29 is 13.9 Å². The Morgan fingerprint density at radius 2 is 2.05 bits per heavy atom. The maximum atomic E-state index is 13.3. The van der Waals surface area contributed by atoms with E-state index >= 15 is 0 Å². The van der Waals surface area contributed by atoms with E-state index in [4.69, 9.17) is 16.3 Å². The zero-order chi connectivity index (χ0) is 14.5. The van der Waals surface area contributed by atoms with Crippen LogP contribution in [-0.4, -0.2) is 24.8 Å². The molecule has 0 aliphatic rings. The van der Waals surface area contributed by atoms with Crippen molar-refractivity contribution >= 4 is 23.4 Å². The fourth-order valence-electron chi connectivity index (χ4n) is 1.31. The number of ether oxygens (including phenoxy) is 1. The molecule has 0 saturated carbocycles. The lowest BCUT2D eigenvalue weighted by molar-refractivity contribution is 0.0530. The molecule has 0 aliphatic heterocycles. The molecule has 6 heteroatoms. The number of carbonyl (C=O) groups excluding carboxylic acids is 1. The number of alkyl carbamates (subject to hydrolysis) is 1. The van der Waals surface area contributed by atoms with Crippen LogP contribution in [0.2, 0.25) is 5.02 Å². The lowest BCUT2D eigenvalue weighted by Crippen LogP contribution is -2.35. The summed E-state index contributed by atoms with van der Waals surface area (Å²) >= 11 is 5.76. The maximum Gasteiger partial charge on any atom is 0.407 e. The second-order valence-corrected chi connectivity index (χ2v) is 5.42. The van der Waals surface area contributed by atoms with E-state index in [1.54, 1.807) is 20.8 Å². The first-order valence-electron chi connectivity index (χ1n) is 5.94. The monoisotopic (exact) mass is 288 g/mol. The van der Waals surface area contributed by atoms with E-state index in [1.807, 2.05) is 0 Å². The molecule has 4 nitrogen and oxygen atoms in total. The van der Waals surface area contributed by atoms with Gasteiger partial charge in [0.15, 0.2) is 0 Å². The molecule has 1 aromatic carbocycles. The number of carbonyl (C=O) groups is 1. The number of hydrogen-bond donors (Lipinski definition) is 2. The summed E-state index contributed by atoms with van der Waals surface area (Å²) in [6, 6.07) is 4.25. The largest absolute Gasteiger partial charge is 0.444 e. The summed E-state index contributed by atoms with van der Waals surface area (Å²) in [5.74, 6) is -0.387. The molecule has 2 N–H and O–H groups in total. The second kappa shape index (κ2) is 6.61. The average molecular weight is 289 g/mol. The molecule has 1 rings (SSSR count). The van der Waals surface area contributed by atoms with Crippen molar-refractivity contribution in [1.82, 2.24) is 5.32 Å². The minimum absolute atomic E-state index is 0.304. The molecule has 1 amide bonds. The molecule has 106 valence electrons. The molecule has 0 spiro atoms. The molecule has 0 unspecified atom stereocenters. The van der Waals surface area contributed by atoms with Crippen molar-refractivity contribution in [3.05, 3.63) is 29.0 Å². The highest BCUT2D eigenvalue weighted by atomic mass is 35.5. The normalized spacial score (nSPS) is 11.0. The molecule has 0 atom stereocenters. The van der Waals surface area contributed by atoms with Gasteiger partial charge in [-0.15, -0.1) is 0 Å². The Hall–Kier alpha value is -1.49. The molecule has 1 aromatic rings. The Kier molecular flexibility index (Phi) is 5.42. The Bertz CT molecular complexity index is 447. The van der Waals surface area contributed by atoms with Crippen LogP contribution in [0.15, 0.2) is 18.2 Å². The standard InChI is InChI=1S/C13H18ClFN2O2/c1-13(2,3)19-12(18)17-7-6-16-11-8-9(14)4-5-10(11)15/h4-5,8,16H,6-7H2,1-3H3,(H,17,18). The summed E-state index contributed by atoms with van der Waals surface area (Å²) < 4.78 is 18.4. The van der Waals surface area contributed by atoms with Gasteiger partial charge in [0.2, 0.25) is 0 Å². The first-order valence-corrected chi connectivity index (χ1v) is 6.31. The van der Waals surface area contributed by atoms with Crippen LogP contribution in [0.3, 0.4) is 0 Å². The Morgan fingerprint density at radius 1 is 1.37 bits per heavy atom.